The first-order valence-corrected chi connectivity index (χ1v) is 9.80. The second-order valence-corrected chi connectivity index (χ2v) is 7.58. The summed E-state index contributed by atoms with van der Waals surface area (Å²) < 4.78 is 48.1. The average molecular weight is 428 g/mol. The summed E-state index contributed by atoms with van der Waals surface area (Å²) in [6, 6.07) is 0. The van der Waals surface area contributed by atoms with E-state index in [4.69, 9.17) is 4.74 Å². The molecule has 0 aromatic rings. The van der Waals surface area contributed by atoms with Crippen molar-refractivity contribution in [1.29, 1.82) is 0 Å². The van der Waals surface area contributed by atoms with Crippen molar-refractivity contribution in [3.63, 3.8) is 0 Å². The van der Waals surface area contributed by atoms with Gasteiger partial charge in [0.2, 0.25) is 0 Å². The minimum absolute atomic E-state index is 0. The molecule has 2 aliphatic rings. The van der Waals surface area contributed by atoms with Crippen LogP contribution in [0.3, 0.4) is 0 Å². The topological polar surface area (TPSA) is 89.8 Å². The Morgan fingerprint density at radius 1 is 1.41 bits per heavy atom. The van der Waals surface area contributed by atoms with Gasteiger partial charge < -0.3 is 24.9 Å². The minimum atomic E-state index is -3.28. The predicted molar refractivity (Wildman–Crippen MR) is 93.9 cm³/mol. The van der Waals surface area contributed by atoms with Gasteiger partial charge in [0.15, 0.2) is 6.17 Å². The molecular weight excluding hydrogens is 400 g/mol. The number of carbonyl (C=O) groups is 1. The van der Waals surface area contributed by atoms with Crippen LogP contribution in [0, 0.1) is 11.8 Å². The van der Waals surface area contributed by atoms with Gasteiger partial charge in [0.05, 0.1) is 6.10 Å². The van der Waals surface area contributed by atoms with Gasteiger partial charge in [0.1, 0.15) is 18.0 Å². The largest absolute Gasteiger partial charge is 1.00 e. The molecule has 5 nitrogen and oxygen atoms in total. The minimum Gasteiger partial charge on any atom is -0.550 e. The van der Waals surface area contributed by atoms with Crippen molar-refractivity contribution < 1.29 is 67.6 Å². The fourth-order valence-electron chi connectivity index (χ4n) is 3.84. The number of hydrogen-bond donors (Lipinski definition) is 2. The molecule has 2 fully saturated rings. The standard InChI is InChI=1S/C20H29F3O5.Na/c1-2-3-10-20(22,23)16(25)9-8-12-13(24)11-15-18(12)19(21)14(28-15)6-4-5-7-17(26)27;/h6,8-9,12-13,15-16,18-19,24-25H,2-5,7,10-11H2,1H3,(H,26,27);/q;+1/p-1/b9-8+,14-6-;/t12-,13+,15+,16+,18+,19?;/m0./s1. The molecule has 0 bridgehead atoms. The second kappa shape index (κ2) is 11.7. The Balaban J connectivity index is 0.00000420. The number of aliphatic hydroxyl groups excluding tert-OH is 2. The normalized spacial score (nSPS) is 31.5. The maximum Gasteiger partial charge on any atom is 1.00 e. The van der Waals surface area contributed by atoms with Gasteiger partial charge in [-0.1, -0.05) is 25.5 Å². The molecule has 2 rings (SSSR count). The molecule has 0 amide bonds. The summed E-state index contributed by atoms with van der Waals surface area (Å²) in [4.78, 5) is 10.4. The first-order valence-electron chi connectivity index (χ1n) is 9.80. The van der Waals surface area contributed by atoms with Gasteiger partial charge in [-0.15, -0.1) is 0 Å². The van der Waals surface area contributed by atoms with Crippen molar-refractivity contribution in [2.75, 3.05) is 0 Å². The molecule has 0 aromatic carbocycles. The predicted octanol–water partition coefficient (Wildman–Crippen LogP) is -0.729. The number of aliphatic carboxylic acids is 1. The average Bonchev–Trinajstić information content (AvgIpc) is 3.09. The second-order valence-electron chi connectivity index (χ2n) is 7.58. The number of rotatable bonds is 10. The molecule has 1 saturated carbocycles. The van der Waals surface area contributed by atoms with Crippen molar-refractivity contribution in [2.24, 2.45) is 11.8 Å². The number of carbonyl (C=O) groups excluding carboxylic acids is 1. The Labute approximate surface area is 191 Å². The van der Waals surface area contributed by atoms with Crippen molar-refractivity contribution >= 4 is 5.97 Å². The zero-order valence-electron chi connectivity index (χ0n) is 16.9. The number of alkyl halides is 3. The number of hydrogen-bond acceptors (Lipinski definition) is 5. The smallest absolute Gasteiger partial charge is 0.550 e. The molecule has 9 heteroatoms. The van der Waals surface area contributed by atoms with E-state index in [1.807, 2.05) is 0 Å². The Kier molecular flexibility index (Phi) is 10.7. The van der Waals surface area contributed by atoms with Gasteiger partial charge in [-0.2, -0.15) is 0 Å². The van der Waals surface area contributed by atoms with E-state index in [2.05, 4.69) is 0 Å². The van der Waals surface area contributed by atoms with Crippen molar-refractivity contribution in [3.05, 3.63) is 24.0 Å². The van der Waals surface area contributed by atoms with Gasteiger partial charge in [-0.25, -0.2) is 13.2 Å². The molecule has 2 N–H and O–H groups in total. The van der Waals surface area contributed by atoms with Crippen LogP contribution >= 0.6 is 0 Å². The van der Waals surface area contributed by atoms with Crippen LogP contribution in [-0.2, 0) is 9.53 Å². The number of fused-ring (bicyclic) bond motifs is 1. The summed E-state index contributed by atoms with van der Waals surface area (Å²) in [5.41, 5.74) is 0. The summed E-state index contributed by atoms with van der Waals surface area (Å²) >= 11 is 0. The van der Waals surface area contributed by atoms with Crippen LogP contribution in [-0.4, -0.2) is 46.6 Å². The third kappa shape index (κ3) is 6.99. The van der Waals surface area contributed by atoms with E-state index >= 15 is 0 Å². The van der Waals surface area contributed by atoms with Crippen molar-refractivity contribution in [3.8, 4) is 0 Å². The molecule has 0 aromatic heterocycles. The first-order chi connectivity index (χ1) is 13.2. The van der Waals surface area contributed by atoms with E-state index < -0.39 is 54.6 Å². The van der Waals surface area contributed by atoms with Gasteiger partial charge in [-0.05, 0) is 31.8 Å². The number of halogens is 3. The number of unbranched alkanes of at least 4 members (excludes halogenated alkanes) is 2. The third-order valence-electron chi connectivity index (χ3n) is 5.43. The molecule has 1 aliphatic heterocycles. The Bertz CT molecular complexity index is 599. The Morgan fingerprint density at radius 3 is 2.72 bits per heavy atom. The van der Waals surface area contributed by atoms with E-state index in [1.165, 1.54) is 12.2 Å². The van der Waals surface area contributed by atoms with Crippen LogP contribution < -0.4 is 34.7 Å². The van der Waals surface area contributed by atoms with Crippen LogP contribution in [0.15, 0.2) is 24.0 Å². The van der Waals surface area contributed by atoms with Crippen LogP contribution in [0.25, 0.3) is 0 Å². The quantitative estimate of drug-likeness (QED) is 0.272. The monoisotopic (exact) mass is 428 g/mol. The SMILES string of the molecule is CCCCC(F)(F)[C@H](O)/C=C/[C@@H]1[C@H]2C(F)/C(=C/CCCC(=O)[O-])O[C@@H]2C[C@H]1O.[Na+]. The van der Waals surface area contributed by atoms with Gasteiger partial charge >= 0.3 is 29.6 Å². The summed E-state index contributed by atoms with van der Waals surface area (Å²) in [6.07, 6.45) is -0.272. The van der Waals surface area contributed by atoms with Crippen molar-refractivity contribution in [2.45, 2.75) is 82.3 Å². The van der Waals surface area contributed by atoms with E-state index in [9.17, 15) is 33.3 Å². The fourth-order valence-corrected chi connectivity index (χ4v) is 3.84. The molecular formula is C20H28F3NaO5. The van der Waals surface area contributed by atoms with Crippen LogP contribution in [0.4, 0.5) is 13.2 Å². The Morgan fingerprint density at radius 2 is 2.10 bits per heavy atom. The summed E-state index contributed by atoms with van der Waals surface area (Å²) in [6.45, 7) is 1.78. The first kappa shape index (κ1) is 26.5. The maximum atomic E-state index is 14.8. The summed E-state index contributed by atoms with van der Waals surface area (Å²) in [7, 11) is 0. The van der Waals surface area contributed by atoms with Gasteiger partial charge in [-0.3, -0.25) is 0 Å². The molecule has 1 heterocycles. The molecule has 6 atom stereocenters. The van der Waals surface area contributed by atoms with Crippen LogP contribution in [0.2, 0.25) is 0 Å². The molecule has 0 spiro atoms. The zero-order chi connectivity index (χ0) is 20.9. The Hall–Kier alpha value is -0.540. The van der Waals surface area contributed by atoms with Gasteiger partial charge in [0.25, 0.3) is 5.92 Å². The number of allylic oxidation sites excluding steroid dienone is 2. The molecule has 0 radical (unpaired) electrons. The number of carboxylic acid groups (broad SMARTS) is 1. The summed E-state index contributed by atoms with van der Waals surface area (Å²) in [5, 5.41) is 30.4. The van der Waals surface area contributed by atoms with Crippen LogP contribution in [0.1, 0.15) is 51.9 Å². The molecule has 1 aliphatic carbocycles. The molecule has 160 valence electrons. The fraction of sp³-hybridized carbons (Fsp3) is 0.750. The van der Waals surface area contributed by atoms with E-state index in [0.717, 1.165) is 6.08 Å². The number of ether oxygens (including phenoxy) is 1. The zero-order valence-corrected chi connectivity index (χ0v) is 18.9. The van der Waals surface area contributed by atoms with E-state index in [0.29, 0.717) is 19.3 Å². The third-order valence-corrected chi connectivity index (χ3v) is 5.43. The van der Waals surface area contributed by atoms with Gasteiger partial charge in [0, 0.05) is 30.6 Å². The number of carboxylic acids is 1. The summed E-state index contributed by atoms with van der Waals surface area (Å²) in [5.74, 6) is -5.84. The maximum absolute atomic E-state index is 14.8. The molecule has 1 saturated heterocycles. The van der Waals surface area contributed by atoms with E-state index in [-0.39, 0.29) is 54.6 Å². The number of aliphatic hydroxyl groups is 2. The van der Waals surface area contributed by atoms with Crippen molar-refractivity contribution in [1.82, 2.24) is 0 Å². The van der Waals surface area contributed by atoms with E-state index in [1.54, 1.807) is 6.92 Å². The van der Waals surface area contributed by atoms with Crippen LogP contribution in [0.5, 0.6) is 0 Å². The molecule has 1 unspecified atom stereocenters. The molecule has 29 heavy (non-hydrogen) atoms.